The van der Waals surface area contributed by atoms with Gasteiger partial charge in [-0.25, -0.2) is 8.42 Å². The molecule has 1 atom stereocenters. The number of aromatic nitrogens is 2. The molecule has 0 aliphatic heterocycles. The Morgan fingerprint density at radius 1 is 1.42 bits per heavy atom. The Labute approximate surface area is 114 Å². The Balaban J connectivity index is 2.44. The monoisotopic (exact) mass is 302 g/mol. The van der Waals surface area contributed by atoms with E-state index in [2.05, 4.69) is 10.1 Å². The summed E-state index contributed by atoms with van der Waals surface area (Å²) in [4.78, 5) is 4.00. The van der Waals surface area contributed by atoms with Crippen molar-refractivity contribution in [1.82, 2.24) is 10.1 Å². The minimum Gasteiger partial charge on any atom is -0.508 e. The first-order valence-electron chi connectivity index (χ1n) is 5.30. The van der Waals surface area contributed by atoms with Crippen LogP contribution in [0.15, 0.2) is 22.7 Å². The van der Waals surface area contributed by atoms with Gasteiger partial charge in [0.2, 0.25) is 0 Å². The van der Waals surface area contributed by atoms with Crippen LogP contribution in [-0.4, -0.2) is 29.9 Å². The second-order valence-corrected chi connectivity index (χ2v) is 6.87. The van der Waals surface area contributed by atoms with Gasteiger partial charge in [0.1, 0.15) is 11.0 Å². The fraction of sp³-hybridized carbons (Fsp3) is 0.273. The number of phenols is 1. The molecule has 1 unspecified atom stereocenters. The summed E-state index contributed by atoms with van der Waals surface area (Å²) in [5, 5.41) is 12.5. The molecule has 0 bridgehead atoms. The summed E-state index contributed by atoms with van der Waals surface area (Å²) in [7, 11) is -3.31. The molecule has 1 aromatic heterocycles. The van der Waals surface area contributed by atoms with E-state index in [-0.39, 0.29) is 17.5 Å². The standard InChI is InChI=1S/C11H11ClN2O4S/c1-6(19(2,16)17)10-13-11(18-14-10)8-5-7(15)3-4-9(8)12/h3-6,15H,1-2H3. The maximum atomic E-state index is 11.4. The lowest BCUT2D eigenvalue weighted by atomic mass is 10.2. The van der Waals surface area contributed by atoms with Gasteiger partial charge >= 0.3 is 0 Å². The molecule has 0 fully saturated rings. The van der Waals surface area contributed by atoms with Gasteiger partial charge < -0.3 is 9.63 Å². The Kier molecular flexibility index (Phi) is 3.51. The largest absolute Gasteiger partial charge is 0.508 e. The van der Waals surface area contributed by atoms with Crippen LogP contribution in [0, 0.1) is 0 Å². The lowest BCUT2D eigenvalue weighted by Crippen LogP contribution is -2.09. The summed E-state index contributed by atoms with van der Waals surface area (Å²) in [5.74, 6) is 0.110. The summed E-state index contributed by atoms with van der Waals surface area (Å²) < 4.78 is 27.8. The van der Waals surface area contributed by atoms with Crippen LogP contribution >= 0.6 is 11.6 Å². The summed E-state index contributed by atoms with van der Waals surface area (Å²) in [5.41, 5.74) is 0.348. The lowest BCUT2D eigenvalue weighted by Gasteiger charge is -2.02. The number of aromatic hydroxyl groups is 1. The first-order valence-corrected chi connectivity index (χ1v) is 7.63. The average Bonchev–Trinajstić information content (AvgIpc) is 2.79. The molecule has 0 spiro atoms. The van der Waals surface area contributed by atoms with Crippen LogP contribution in [0.4, 0.5) is 0 Å². The first kappa shape index (κ1) is 13.8. The van der Waals surface area contributed by atoms with Crippen LogP contribution < -0.4 is 0 Å². The van der Waals surface area contributed by atoms with Gasteiger partial charge in [-0.1, -0.05) is 16.8 Å². The predicted octanol–water partition coefficient (Wildman–Crippen LogP) is 2.20. The molecule has 19 heavy (non-hydrogen) atoms. The molecule has 0 aliphatic carbocycles. The van der Waals surface area contributed by atoms with Crippen LogP contribution in [0.5, 0.6) is 5.75 Å². The van der Waals surface area contributed by atoms with Crippen molar-refractivity contribution < 1.29 is 18.0 Å². The Hall–Kier alpha value is -1.60. The normalized spacial score (nSPS) is 13.4. The number of rotatable bonds is 3. The molecule has 8 heteroatoms. The molecule has 0 radical (unpaired) electrons. The molecule has 0 amide bonds. The Morgan fingerprint density at radius 3 is 2.74 bits per heavy atom. The van der Waals surface area contributed by atoms with Crippen LogP contribution in [0.25, 0.3) is 11.5 Å². The lowest BCUT2D eigenvalue weighted by molar-refractivity contribution is 0.421. The van der Waals surface area contributed by atoms with Crippen LogP contribution in [0.1, 0.15) is 18.0 Å². The zero-order chi connectivity index (χ0) is 14.2. The van der Waals surface area contributed by atoms with Crippen molar-refractivity contribution in [1.29, 1.82) is 0 Å². The number of hydrogen-bond donors (Lipinski definition) is 1. The van der Waals surface area contributed by atoms with Crippen LogP contribution in [0.2, 0.25) is 5.02 Å². The maximum Gasteiger partial charge on any atom is 0.259 e. The molecular formula is C11H11ClN2O4S. The molecule has 1 N–H and O–H groups in total. The van der Waals surface area contributed by atoms with E-state index in [4.69, 9.17) is 16.1 Å². The van der Waals surface area contributed by atoms with Crippen molar-refractivity contribution >= 4 is 21.4 Å². The minimum absolute atomic E-state index is 0.00434. The second kappa shape index (κ2) is 4.82. The van der Waals surface area contributed by atoms with Gasteiger partial charge in [-0.05, 0) is 25.1 Å². The van der Waals surface area contributed by atoms with Gasteiger partial charge in [-0.15, -0.1) is 0 Å². The van der Waals surface area contributed by atoms with E-state index < -0.39 is 15.1 Å². The fourth-order valence-corrected chi connectivity index (χ4v) is 2.06. The minimum atomic E-state index is -3.31. The topological polar surface area (TPSA) is 93.3 Å². The highest BCUT2D eigenvalue weighted by atomic mass is 35.5. The van der Waals surface area contributed by atoms with Gasteiger partial charge in [0.25, 0.3) is 5.89 Å². The summed E-state index contributed by atoms with van der Waals surface area (Å²) in [6.45, 7) is 1.47. The zero-order valence-electron chi connectivity index (χ0n) is 10.2. The zero-order valence-corrected chi connectivity index (χ0v) is 11.7. The van der Waals surface area contributed by atoms with Crippen LogP contribution in [0.3, 0.4) is 0 Å². The number of phenolic OH excluding ortho intramolecular Hbond substituents is 1. The third kappa shape index (κ3) is 2.87. The Morgan fingerprint density at radius 2 is 2.11 bits per heavy atom. The van der Waals surface area contributed by atoms with E-state index >= 15 is 0 Å². The molecule has 102 valence electrons. The van der Waals surface area contributed by atoms with Gasteiger partial charge in [-0.2, -0.15) is 4.98 Å². The number of halogens is 1. The molecular weight excluding hydrogens is 292 g/mol. The van der Waals surface area contributed by atoms with Crippen molar-refractivity contribution in [3.63, 3.8) is 0 Å². The van der Waals surface area contributed by atoms with E-state index in [1.54, 1.807) is 0 Å². The van der Waals surface area contributed by atoms with Gasteiger partial charge in [-0.3, -0.25) is 0 Å². The van der Waals surface area contributed by atoms with E-state index in [0.717, 1.165) is 6.26 Å². The quantitative estimate of drug-likeness (QED) is 0.934. The number of nitrogens with zero attached hydrogens (tertiary/aromatic N) is 2. The van der Waals surface area contributed by atoms with E-state index in [9.17, 15) is 13.5 Å². The predicted molar refractivity (Wildman–Crippen MR) is 69.7 cm³/mol. The average molecular weight is 303 g/mol. The molecule has 1 heterocycles. The molecule has 2 aromatic rings. The third-order valence-electron chi connectivity index (χ3n) is 2.63. The highest BCUT2D eigenvalue weighted by Crippen LogP contribution is 2.31. The highest BCUT2D eigenvalue weighted by Gasteiger charge is 2.24. The summed E-state index contributed by atoms with van der Waals surface area (Å²) in [6, 6.07) is 4.27. The molecule has 2 rings (SSSR count). The SMILES string of the molecule is CC(c1noc(-c2cc(O)ccc2Cl)n1)S(C)(=O)=O. The second-order valence-electron chi connectivity index (χ2n) is 4.09. The van der Waals surface area contributed by atoms with Crippen molar-refractivity contribution in [2.24, 2.45) is 0 Å². The molecule has 6 nitrogen and oxygen atoms in total. The third-order valence-corrected chi connectivity index (χ3v) is 4.45. The van der Waals surface area contributed by atoms with Crippen LogP contribution in [-0.2, 0) is 9.84 Å². The van der Waals surface area contributed by atoms with Gasteiger partial charge in [0.15, 0.2) is 15.7 Å². The first-order chi connectivity index (χ1) is 8.79. The summed E-state index contributed by atoms with van der Waals surface area (Å²) >= 11 is 5.95. The number of sulfone groups is 1. The highest BCUT2D eigenvalue weighted by molar-refractivity contribution is 7.90. The van der Waals surface area contributed by atoms with Crippen molar-refractivity contribution in [2.75, 3.05) is 6.26 Å². The number of hydrogen-bond acceptors (Lipinski definition) is 6. The molecule has 0 saturated carbocycles. The smallest absolute Gasteiger partial charge is 0.259 e. The Bertz CT molecular complexity index is 711. The number of benzene rings is 1. The van der Waals surface area contributed by atoms with E-state index in [1.807, 2.05) is 0 Å². The van der Waals surface area contributed by atoms with E-state index in [1.165, 1.54) is 25.1 Å². The fourth-order valence-electron chi connectivity index (χ4n) is 1.38. The van der Waals surface area contributed by atoms with Crippen molar-refractivity contribution in [2.45, 2.75) is 12.2 Å². The molecule has 0 aliphatic rings. The van der Waals surface area contributed by atoms with Gasteiger partial charge in [0.05, 0.1) is 10.6 Å². The van der Waals surface area contributed by atoms with Crippen molar-refractivity contribution in [3.05, 3.63) is 29.0 Å². The van der Waals surface area contributed by atoms with E-state index in [0.29, 0.717) is 10.6 Å². The maximum absolute atomic E-state index is 11.4. The molecule has 0 saturated heterocycles. The van der Waals surface area contributed by atoms with Crippen molar-refractivity contribution in [3.8, 4) is 17.2 Å². The van der Waals surface area contributed by atoms with Gasteiger partial charge in [0, 0.05) is 6.26 Å². The molecule has 1 aromatic carbocycles. The summed E-state index contributed by atoms with van der Waals surface area (Å²) in [6.07, 6.45) is 1.09.